The molecule has 3 rings (SSSR count). The van der Waals surface area contributed by atoms with Crippen LogP contribution in [0.4, 0.5) is 0 Å². The molecule has 2 aromatic rings. The van der Waals surface area contributed by atoms with Gasteiger partial charge in [0.1, 0.15) is 6.61 Å². The number of nitrogens with zero attached hydrogens (tertiary/aromatic N) is 1. The Hall–Kier alpha value is -2.18. The largest absolute Gasteiger partial charge is 0.378 e. The molecule has 2 aromatic carbocycles. The monoisotopic (exact) mass is 428 g/mol. The Balaban J connectivity index is 1.45. The average molecular weight is 429 g/mol. The number of piperidine rings is 1. The van der Waals surface area contributed by atoms with Crippen LogP contribution in [-0.2, 0) is 14.3 Å². The second-order valence-corrected chi connectivity index (χ2v) is 7.81. The van der Waals surface area contributed by atoms with Gasteiger partial charge >= 0.3 is 0 Å². The van der Waals surface area contributed by atoms with Crippen molar-refractivity contribution in [3.05, 3.63) is 64.7 Å². The third-order valence-electron chi connectivity index (χ3n) is 5.14. The van der Waals surface area contributed by atoms with Crippen LogP contribution in [0.3, 0.4) is 0 Å². The third kappa shape index (κ3) is 7.26. The molecule has 0 atom stereocenters. The smallest absolute Gasteiger partial charge is 0.243 e. The quantitative estimate of drug-likeness (QED) is 0.581. The molecule has 160 valence electrons. The molecule has 0 unspecified atom stereocenters. The fraction of sp³-hybridized carbons (Fsp3) is 0.375. The minimum atomic E-state index is -0.456. The molecule has 2 N–H and O–H groups in total. The zero-order chi connectivity index (χ0) is 21.2. The van der Waals surface area contributed by atoms with Gasteiger partial charge in [-0.05, 0) is 41.7 Å². The number of hydrogen-bond acceptors (Lipinski definition) is 4. The van der Waals surface area contributed by atoms with Crippen LogP contribution in [0.15, 0.2) is 54.1 Å². The Morgan fingerprint density at radius 1 is 1.00 bits per heavy atom. The summed E-state index contributed by atoms with van der Waals surface area (Å²) in [6.45, 7) is 4.47. The van der Waals surface area contributed by atoms with Crippen molar-refractivity contribution in [2.75, 3.05) is 46.1 Å². The van der Waals surface area contributed by atoms with E-state index in [-0.39, 0.29) is 6.61 Å². The van der Waals surface area contributed by atoms with Crippen LogP contribution < -0.4 is 5.73 Å². The summed E-state index contributed by atoms with van der Waals surface area (Å²) in [7, 11) is 0. The van der Waals surface area contributed by atoms with Crippen molar-refractivity contribution < 1.29 is 14.3 Å². The van der Waals surface area contributed by atoms with Gasteiger partial charge in [-0.3, -0.25) is 4.79 Å². The number of primary amides is 1. The predicted octanol–water partition coefficient (Wildman–Crippen LogP) is 4.00. The van der Waals surface area contributed by atoms with Gasteiger partial charge in [0.15, 0.2) is 0 Å². The van der Waals surface area contributed by atoms with Gasteiger partial charge in [0.05, 0.1) is 19.8 Å². The molecule has 1 heterocycles. The van der Waals surface area contributed by atoms with Crippen LogP contribution in [0, 0.1) is 0 Å². The number of halogens is 1. The summed E-state index contributed by atoms with van der Waals surface area (Å²) in [4.78, 5) is 13.0. The van der Waals surface area contributed by atoms with Crippen LogP contribution >= 0.6 is 11.6 Å². The Labute approximate surface area is 183 Å². The van der Waals surface area contributed by atoms with Crippen molar-refractivity contribution in [2.45, 2.75) is 12.8 Å². The van der Waals surface area contributed by atoms with Gasteiger partial charge in [-0.1, -0.05) is 59.6 Å². The molecule has 0 aliphatic carbocycles. The molecular formula is C24H29ClN2O3. The molecule has 0 radical (unpaired) electrons. The first-order valence-electron chi connectivity index (χ1n) is 10.3. The van der Waals surface area contributed by atoms with E-state index >= 15 is 0 Å². The number of amides is 1. The van der Waals surface area contributed by atoms with Crippen LogP contribution in [-0.4, -0.2) is 56.9 Å². The lowest BCUT2D eigenvalue weighted by atomic mass is 9.95. The zero-order valence-electron chi connectivity index (χ0n) is 17.2. The summed E-state index contributed by atoms with van der Waals surface area (Å²) in [6.07, 6.45) is 4.47. The lowest BCUT2D eigenvalue weighted by molar-refractivity contribution is -0.123. The van der Waals surface area contributed by atoms with Crippen molar-refractivity contribution in [1.29, 1.82) is 0 Å². The van der Waals surface area contributed by atoms with E-state index in [9.17, 15) is 4.79 Å². The highest BCUT2D eigenvalue weighted by Crippen LogP contribution is 2.28. The number of hydrogen-bond donors (Lipinski definition) is 1. The summed E-state index contributed by atoms with van der Waals surface area (Å²) in [5.74, 6) is -0.456. The number of carbonyl (C=O) groups excluding carboxylic acids is 1. The van der Waals surface area contributed by atoms with Gasteiger partial charge in [-0.2, -0.15) is 0 Å². The highest BCUT2D eigenvalue weighted by atomic mass is 35.5. The number of carbonyl (C=O) groups is 1. The Morgan fingerprint density at radius 2 is 1.70 bits per heavy atom. The molecule has 1 aliphatic rings. The Kier molecular flexibility index (Phi) is 8.90. The van der Waals surface area contributed by atoms with Crippen LogP contribution in [0.25, 0.3) is 17.2 Å². The van der Waals surface area contributed by atoms with E-state index < -0.39 is 5.91 Å². The van der Waals surface area contributed by atoms with E-state index in [0.717, 1.165) is 37.5 Å². The minimum Gasteiger partial charge on any atom is -0.378 e. The van der Waals surface area contributed by atoms with Gasteiger partial charge in [0.25, 0.3) is 0 Å². The van der Waals surface area contributed by atoms with Gasteiger partial charge < -0.3 is 20.1 Å². The van der Waals surface area contributed by atoms with E-state index in [2.05, 4.69) is 47.4 Å². The standard InChI is InChI=1S/C24H29ClN2O3/c25-22-7-5-20(6-8-22)23-4-2-1-3-21(23)17-19-9-11-27(12-10-19)13-14-29-15-16-30-18-24(26)28/h1-8,17H,9-16,18H2,(H2,26,28). The topological polar surface area (TPSA) is 64.8 Å². The van der Waals surface area contributed by atoms with Gasteiger partial charge in [-0.15, -0.1) is 0 Å². The maximum atomic E-state index is 10.6. The fourth-order valence-electron chi connectivity index (χ4n) is 3.53. The van der Waals surface area contributed by atoms with Crippen LogP contribution in [0.2, 0.25) is 5.02 Å². The number of benzene rings is 2. The first-order chi connectivity index (χ1) is 14.6. The Bertz CT molecular complexity index is 842. The lowest BCUT2D eigenvalue weighted by Crippen LogP contribution is -2.33. The molecular weight excluding hydrogens is 400 g/mol. The molecule has 30 heavy (non-hydrogen) atoms. The first kappa shape index (κ1) is 22.5. The number of likely N-dealkylation sites (tertiary alicyclic amines) is 1. The van der Waals surface area contributed by atoms with E-state index in [1.807, 2.05) is 12.1 Å². The van der Waals surface area contributed by atoms with Crippen LogP contribution in [0.5, 0.6) is 0 Å². The molecule has 1 fully saturated rings. The molecule has 0 bridgehead atoms. The van der Waals surface area contributed by atoms with Crippen molar-refractivity contribution in [1.82, 2.24) is 4.90 Å². The van der Waals surface area contributed by atoms with E-state index in [4.69, 9.17) is 26.8 Å². The molecule has 0 aromatic heterocycles. The molecule has 0 spiro atoms. The second kappa shape index (κ2) is 11.9. The summed E-state index contributed by atoms with van der Waals surface area (Å²) < 4.78 is 10.6. The summed E-state index contributed by atoms with van der Waals surface area (Å²) in [5, 5.41) is 0.754. The maximum Gasteiger partial charge on any atom is 0.243 e. The fourth-order valence-corrected chi connectivity index (χ4v) is 3.66. The molecule has 5 nitrogen and oxygen atoms in total. The number of ether oxygens (including phenoxy) is 2. The first-order valence-corrected chi connectivity index (χ1v) is 10.7. The lowest BCUT2D eigenvalue weighted by Gasteiger charge is -2.28. The molecule has 1 amide bonds. The SMILES string of the molecule is NC(=O)COCCOCCN1CCC(=Cc2ccccc2-c2ccc(Cl)cc2)CC1. The van der Waals surface area contributed by atoms with E-state index in [1.165, 1.54) is 22.3 Å². The molecule has 1 aliphatic heterocycles. The Morgan fingerprint density at radius 3 is 2.43 bits per heavy atom. The maximum absolute atomic E-state index is 10.6. The van der Waals surface area contributed by atoms with Gasteiger partial charge in [0.2, 0.25) is 5.91 Å². The van der Waals surface area contributed by atoms with Crippen molar-refractivity contribution in [3.63, 3.8) is 0 Å². The number of rotatable bonds is 10. The minimum absolute atomic E-state index is 0.0499. The summed E-state index contributed by atoms with van der Waals surface area (Å²) >= 11 is 6.04. The second-order valence-electron chi connectivity index (χ2n) is 7.37. The van der Waals surface area contributed by atoms with E-state index in [0.29, 0.717) is 19.8 Å². The summed E-state index contributed by atoms with van der Waals surface area (Å²) in [6, 6.07) is 16.5. The normalized spacial score (nSPS) is 14.6. The van der Waals surface area contributed by atoms with Crippen LogP contribution in [0.1, 0.15) is 18.4 Å². The van der Waals surface area contributed by atoms with Crippen molar-refractivity contribution in [3.8, 4) is 11.1 Å². The third-order valence-corrected chi connectivity index (χ3v) is 5.39. The summed E-state index contributed by atoms with van der Waals surface area (Å²) in [5.41, 5.74) is 10.2. The zero-order valence-corrected chi connectivity index (χ0v) is 17.9. The molecule has 1 saturated heterocycles. The van der Waals surface area contributed by atoms with E-state index in [1.54, 1.807) is 0 Å². The molecule has 0 saturated carbocycles. The number of nitrogens with two attached hydrogens (primary N) is 1. The highest BCUT2D eigenvalue weighted by molar-refractivity contribution is 6.30. The average Bonchev–Trinajstić information content (AvgIpc) is 2.75. The molecule has 6 heteroatoms. The van der Waals surface area contributed by atoms with Crippen molar-refractivity contribution in [2.24, 2.45) is 5.73 Å². The van der Waals surface area contributed by atoms with Crippen molar-refractivity contribution >= 4 is 23.6 Å². The predicted molar refractivity (Wildman–Crippen MR) is 121 cm³/mol. The van der Waals surface area contributed by atoms with Gasteiger partial charge in [-0.25, -0.2) is 0 Å². The van der Waals surface area contributed by atoms with Gasteiger partial charge in [0, 0.05) is 24.7 Å². The highest BCUT2D eigenvalue weighted by Gasteiger charge is 2.14.